The van der Waals surface area contributed by atoms with E-state index >= 15 is 0 Å². The summed E-state index contributed by atoms with van der Waals surface area (Å²) in [7, 11) is 0. The van der Waals surface area contributed by atoms with Crippen molar-refractivity contribution in [3.63, 3.8) is 0 Å². The molecule has 0 aliphatic carbocycles. The first-order valence-electron chi connectivity index (χ1n) is 3.73. The van der Waals surface area contributed by atoms with Crippen LogP contribution >= 0.6 is 15.9 Å². The van der Waals surface area contributed by atoms with Crippen molar-refractivity contribution in [2.24, 2.45) is 11.8 Å². The highest BCUT2D eigenvalue weighted by Gasteiger charge is 2.14. The molecule has 2 unspecified atom stereocenters. The molecule has 2 atom stereocenters. The van der Waals surface area contributed by atoms with Gasteiger partial charge in [0.25, 0.3) is 0 Å². The standard InChI is InChI=1S/C8H17Br/c1-5-7(4)8(9)6(2)3/h6-8H,5H2,1-4H3. The van der Waals surface area contributed by atoms with Crippen molar-refractivity contribution in [1.82, 2.24) is 0 Å². The first-order valence-corrected chi connectivity index (χ1v) is 4.65. The first-order chi connectivity index (χ1) is 4.09. The molecule has 0 spiro atoms. The van der Waals surface area contributed by atoms with E-state index in [1.165, 1.54) is 6.42 Å². The molecule has 0 saturated heterocycles. The zero-order valence-electron chi connectivity index (χ0n) is 6.82. The molecule has 0 aromatic rings. The maximum Gasteiger partial charge on any atom is 0.0194 e. The van der Waals surface area contributed by atoms with Crippen LogP contribution in [0.3, 0.4) is 0 Å². The molecule has 0 aromatic carbocycles. The number of hydrogen-bond donors (Lipinski definition) is 0. The molecule has 0 radical (unpaired) electrons. The van der Waals surface area contributed by atoms with Gasteiger partial charge in [0.1, 0.15) is 0 Å². The van der Waals surface area contributed by atoms with Crippen LogP contribution in [0.2, 0.25) is 0 Å². The topological polar surface area (TPSA) is 0 Å². The van der Waals surface area contributed by atoms with Gasteiger partial charge in [-0.05, 0) is 11.8 Å². The van der Waals surface area contributed by atoms with E-state index in [0.29, 0.717) is 4.83 Å². The maximum absolute atomic E-state index is 3.67. The molecular weight excluding hydrogens is 176 g/mol. The molecule has 0 aliphatic heterocycles. The summed E-state index contributed by atoms with van der Waals surface area (Å²) >= 11 is 3.67. The van der Waals surface area contributed by atoms with Gasteiger partial charge in [-0.25, -0.2) is 0 Å². The highest BCUT2D eigenvalue weighted by Crippen LogP contribution is 2.22. The molecule has 0 N–H and O–H groups in total. The summed E-state index contributed by atoms with van der Waals surface area (Å²) in [5.74, 6) is 1.57. The molecule has 0 fully saturated rings. The summed E-state index contributed by atoms with van der Waals surface area (Å²) < 4.78 is 0. The zero-order valence-corrected chi connectivity index (χ0v) is 8.40. The smallest absolute Gasteiger partial charge is 0.0194 e. The fraction of sp³-hybridized carbons (Fsp3) is 1.00. The van der Waals surface area contributed by atoms with Gasteiger partial charge in [-0.15, -0.1) is 0 Å². The average Bonchev–Trinajstić information content (AvgIpc) is 1.84. The van der Waals surface area contributed by atoms with Crippen LogP contribution in [-0.2, 0) is 0 Å². The van der Waals surface area contributed by atoms with E-state index in [-0.39, 0.29) is 0 Å². The summed E-state index contributed by atoms with van der Waals surface area (Å²) in [6.07, 6.45) is 1.27. The fourth-order valence-corrected chi connectivity index (χ4v) is 1.26. The van der Waals surface area contributed by atoms with E-state index in [1.807, 2.05) is 0 Å². The Hall–Kier alpha value is 0.480. The van der Waals surface area contributed by atoms with Gasteiger partial charge in [-0.1, -0.05) is 50.0 Å². The molecule has 0 amide bonds. The molecule has 1 heteroatoms. The van der Waals surface area contributed by atoms with Gasteiger partial charge >= 0.3 is 0 Å². The number of hydrogen-bond acceptors (Lipinski definition) is 0. The van der Waals surface area contributed by atoms with Gasteiger partial charge in [-0.2, -0.15) is 0 Å². The summed E-state index contributed by atoms with van der Waals surface area (Å²) in [4.78, 5) is 0.697. The molecule has 0 bridgehead atoms. The number of rotatable bonds is 3. The zero-order chi connectivity index (χ0) is 7.44. The minimum absolute atomic E-state index is 0.697. The fourth-order valence-electron chi connectivity index (χ4n) is 0.882. The Bertz CT molecular complexity index is 69.0. The molecule has 0 aliphatic rings. The Morgan fingerprint density at radius 1 is 1.22 bits per heavy atom. The summed E-state index contributed by atoms with van der Waals surface area (Å²) in [6.45, 7) is 9.04. The SMILES string of the molecule is CCC(C)C(Br)C(C)C. The normalized spacial score (nSPS) is 18.0. The first kappa shape index (κ1) is 9.48. The quantitative estimate of drug-likeness (QED) is 0.602. The van der Waals surface area contributed by atoms with Crippen LogP contribution < -0.4 is 0 Å². The summed E-state index contributed by atoms with van der Waals surface area (Å²) in [5, 5.41) is 0. The summed E-state index contributed by atoms with van der Waals surface area (Å²) in [6, 6.07) is 0. The van der Waals surface area contributed by atoms with E-state index in [9.17, 15) is 0 Å². The van der Waals surface area contributed by atoms with Gasteiger partial charge < -0.3 is 0 Å². The van der Waals surface area contributed by atoms with Gasteiger partial charge in [0.2, 0.25) is 0 Å². The predicted molar refractivity (Wildman–Crippen MR) is 47.0 cm³/mol. The largest absolute Gasteiger partial charge is 0.0885 e. The van der Waals surface area contributed by atoms with E-state index in [4.69, 9.17) is 0 Å². The van der Waals surface area contributed by atoms with Crippen molar-refractivity contribution in [2.75, 3.05) is 0 Å². The third-order valence-corrected chi connectivity index (χ3v) is 3.78. The summed E-state index contributed by atoms with van der Waals surface area (Å²) in [5.41, 5.74) is 0. The Kier molecular flexibility index (Phi) is 4.55. The monoisotopic (exact) mass is 192 g/mol. The Morgan fingerprint density at radius 3 is 1.78 bits per heavy atom. The van der Waals surface area contributed by atoms with Gasteiger partial charge in [0.15, 0.2) is 0 Å². The van der Waals surface area contributed by atoms with Crippen LogP contribution in [-0.4, -0.2) is 4.83 Å². The second kappa shape index (κ2) is 4.32. The second-order valence-corrected chi connectivity index (χ2v) is 4.13. The molecular formula is C8H17Br. The minimum Gasteiger partial charge on any atom is -0.0885 e. The van der Waals surface area contributed by atoms with Crippen molar-refractivity contribution in [2.45, 2.75) is 38.9 Å². The highest BCUT2D eigenvalue weighted by atomic mass is 79.9. The molecule has 56 valence electrons. The van der Waals surface area contributed by atoms with E-state index in [0.717, 1.165) is 11.8 Å². The van der Waals surface area contributed by atoms with Crippen molar-refractivity contribution < 1.29 is 0 Å². The van der Waals surface area contributed by atoms with Crippen LogP contribution in [0.1, 0.15) is 34.1 Å². The van der Waals surface area contributed by atoms with Crippen molar-refractivity contribution in [3.05, 3.63) is 0 Å². The van der Waals surface area contributed by atoms with Crippen LogP contribution in [0.25, 0.3) is 0 Å². The third kappa shape index (κ3) is 3.24. The van der Waals surface area contributed by atoms with Crippen LogP contribution in [0.5, 0.6) is 0 Å². The molecule has 0 aromatic heterocycles. The Balaban J connectivity index is 3.58. The van der Waals surface area contributed by atoms with Crippen molar-refractivity contribution in [1.29, 1.82) is 0 Å². The number of alkyl halides is 1. The highest BCUT2D eigenvalue weighted by molar-refractivity contribution is 9.09. The van der Waals surface area contributed by atoms with E-state index in [2.05, 4.69) is 43.6 Å². The van der Waals surface area contributed by atoms with Gasteiger partial charge in [-0.3, -0.25) is 0 Å². The molecule has 0 nitrogen and oxygen atoms in total. The molecule has 9 heavy (non-hydrogen) atoms. The van der Waals surface area contributed by atoms with Crippen molar-refractivity contribution >= 4 is 15.9 Å². The molecule has 0 rings (SSSR count). The second-order valence-electron chi connectivity index (χ2n) is 3.07. The van der Waals surface area contributed by atoms with Crippen LogP contribution in [0, 0.1) is 11.8 Å². The van der Waals surface area contributed by atoms with E-state index in [1.54, 1.807) is 0 Å². The maximum atomic E-state index is 3.67. The lowest BCUT2D eigenvalue weighted by Gasteiger charge is -2.19. The Morgan fingerprint density at radius 2 is 1.67 bits per heavy atom. The minimum atomic E-state index is 0.697. The Labute approximate surface area is 67.2 Å². The molecule has 0 heterocycles. The predicted octanol–water partition coefficient (Wildman–Crippen LogP) is 3.45. The van der Waals surface area contributed by atoms with Gasteiger partial charge in [0, 0.05) is 4.83 Å². The van der Waals surface area contributed by atoms with Crippen LogP contribution in [0.15, 0.2) is 0 Å². The average molecular weight is 193 g/mol. The van der Waals surface area contributed by atoms with Crippen LogP contribution in [0.4, 0.5) is 0 Å². The lowest BCUT2D eigenvalue weighted by molar-refractivity contribution is 0.452. The lowest BCUT2D eigenvalue weighted by atomic mass is 9.97. The van der Waals surface area contributed by atoms with Crippen molar-refractivity contribution in [3.8, 4) is 0 Å². The van der Waals surface area contributed by atoms with Gasteiger partial charge in [0.05, 0.1) is 0 Å². The number of halogens is 1. The van der Waals surface area contributed by atoms with E-state index < -0.39 is 0 Å². The molecule has 0 saturated carbocycles. The third-order valence-electron chi connectivity index (χ3n) is 1.82. The lowest BCUT2D eigenvalue weighted by Crippen LogP contribution is -2.16.